The van der Waals surface area contributed by atoms with E-state index < -0.39 is 35.8 Å². The second kappa shape index (κ2) is 9.40. The highest BCUT2D eigenvalue weighted by Crippen LogP contribution is 2.33. The molecule has 1 fully saturated rings. The van der Waals surface area contributed by atoms with Gasteiger partial charge in [-0.25, -0.2) is 4.79 Å². The van der Waals surface area contributed by atoms with Gasteiger partial charge in [0.2, 0.25) is 5.91 Å². The summed E-state index contributed by atoms with van der Waals surface area (Å²) in [7, 11) is 0. The molecule has 1 aliphatic rings. The number of carbonyl (C=O) groups excluding carboxylic acids is 4. The number of anilines is 1. The Morgan fingerprint density at radius 2 is 1.79 bits per heavy atom. The number of imide groups is 1. The van der Waals surface area contributed by atoms with E-state index in [1.54, 1.807) is 60.7 Å². The third-order valence-electron chi connectivity index (χ3n) is 5.44. The Balaban J connectivity index is 1.45. The molecule has 174 valence electrons. The Hall–Kier alpha value is -4.11. The zero-order chi connectivity index (χ0) is 24.3. The molecule has 1 aromatic heterocycles. The molecule has 0 spiro atoms. The van der Waals surface area contributed by atoms with Crippen LogP contribution < -0.4 is 16.0 Å². The zero-order valence-electron chi connectivity index (χ0n) is 18.1. The van der Waals surface area contributed by atoms with Crippen molar-refractivity contribution in [1.82, 2.24) is 15.5 Å². The number of halogens is 1. The first-order chi connectivity index (χ1) is 16.3. The molecule has 0 saturated carbocycles. The summed E-state index contributed by atoms with van der Waals surface area (Å²) in [6, 6.07) is 15.8. The summed E-state index contributed by atoms with van der Waals surface area (Å²) >= 11 is 6.23. The number of nitrogens with one attached hydrogen (secondary N) is 3. The van der Waals surface area contributed by atoms with Gasteiger partial charge in [0, 0.05) is 10.6 Å². The SMILES string of the molecule is C[C@@]1(c2ccccc2Cl)NC(=O)N(CC(=O)Nc2ccccc2C(=O)NCc2ccco2)C1=O. The molecule has 0 radical (unpaired) electrons. The summed E-state index contributed by atoms with van der Waals surface area (Å²) in [4.78, 5) is 51.8. The normalized spacial score (nSPS) is 17.4. The highest BCUT2D eigenvalue weighted by atomic mass is 35.5. The van der Waals surface area contributed by atoms with Crippen molar-refractivity contribution in [3.8, 4) is 0 Å². The molecular weight excluding hydrogens is 460 g/mol. The van der Waals surface area contributed by atoms with Crippen LogP contribution >= 0.6 is 11.6 Å². The van der Waals surface area contributed by atoms with E-state index >= 15 is 0 Å². The molecule has 4 rings (SSSR count). The minimum absolute atomic E-state index is 0.178. The lowest BCUT2D eigenvalue weighted by Crippen LogP contribution is -2.42. The Bertz CT molecular complexity index is 1260. The van der Waals surface area contributed by atoms with Crippen LogP contribution in [0.2, 0.25) is 5.02 Å². The molecule has 0 aliphatic carbocycles. The van der Waals surface area contributed by atoms with Gasteiger partial charge < -0.3 is 20.4 Å². The number of para-hydroxylation sites is 1. The van der Waals surface area contributed by atoms with E-state index in [0.717, 1.165) is 4.90 Å². The van der Waals surface area contributed by atoms with Crippen LogP contribution in [0.25, 0.3) is 0 Å². The second-order valence-electron chi connectivity index (χ2n) is 7.78. The van der Waals surface area contributed by atoms with Crippen LogP contribution in [0.5, 0.6) is 0 Å². The number of benzene rings is 2. The van der Waals surface area contributed by atoms with Crippen LogP contribution in [-0.4, -0.2) is 35.2 Å². The van der Waals surface area contributed by atoms with Gasteiger partial charge in [-0.1, -0.05) is 41.9 Å². The zero-order valence-corrected chi connectivity index (χ0v) is 18.9. The Labute approximate surface area is 200 Å². The van der Waals surface area contributed by atoms with Gasteiger partial charge in [-0.05, 0) is 37.3 Å². The predicted octanol–water partition coefficient (Wildman–Crippen LogP) is 3.27. The summed E-state index contributed by atoms with van der Waals surface area (Å²) in [5.74, 6) is -1.09. The molecule has 34 heavy (non-hydrogen) atoms. The molecule has 1 aliphatic heterocycles. The summed E-state index contributed by atoms with van der Waals surface area (Å²) in [6.07, 6.45) is 1.50. The quantitative estimate of drug-likeness (QED) is 0.448. The molecule has 3 N–H and O–H groups in total. The summed E-state index contributed by atoms with van der Waals surface area (Å²) < 4.78 is 5.20. The van der Waals surface area contributed by atoms with Gasteiger partial charge in [0.1, 0.15) is 17.8 Å². The Morgan fingerprint density at radius 1 is 1.06 bits per heavy atom. The van der Waals surface area contributed by atoms with Gasteiger partial charge in [-0.3, -0.25) is 19.3 Å². The van der Waals surface area contributed by atoms with E-state index in [4.69, 9.17) is 16.0 Å². The van der Waals surface area contributed by atoms with Gasteiger partial charge in [0.15, 0.2) is 0 Å². The molecular formula is C24H21ClN4O5. The predicted molar refractivity (Wildman–Crippen MR) is 124 cm³/mol. The highest BCUT2D eigenvalue weighted by molar-refractivity contribution is 6.32. The lowest BCUT2D eigenvalue weighted by molar-refractivity contribution is -0.133. The highest BCUT2D eigenvalue weighted by Gasteiger charge is 2.50. The number of hydrogen-bond donors (Lipinski definition) is 3. The van der Waals surface area contributed by atoms with E-state index in [1.165, 1.54) is 13.2 Å². The molecule has 0 bridgehead atoms. The topological polar surface area (TPSA) is 121 Å². The van der Waals surface area contributed by atoms with E-state index in [1.807, 2.05) is 0 Å². The molecule has 1 atom stereocenters. The van der Waals surface area contributed by atoms with Crippen molar-refractivity contribution in [1.29, 1.82) is 0 Å². The first-order valence-electron chi connectivity index (χ1n) is 10.4. The summed E-state index contributed by atoms with van der Waals surface area (Å²) in [6.45, 7) is 1.18. The van der Waals surface area contributed by atoms with Gasteiger partial charge in [-0.2, -0.15) is 0 Å². The average Bonchev–Trinajstić information content (AvgIpc) is 3.41. The van der Waals surface area contributed by atoms with Crippen molar-refractivity contribution < 1.29 is 23.6 Å². The lowest BCUT2D eigenvalue weighted by Gasteiger charge is -2.23. The minimum Gasteiger partial charge on any atom is -0.467 e. The van der Waals surface area contributed by atoms with Crippen LogP contribution in [0, 0.1) is 0 Å². The summed E-state index contributed by atoms with van der Waals surface area (Å²) in [5, 5.41) is 8.25. The van der Waals surface area contributed by atoms with Crippen LogP contribution in [0.4, 0.5) is 10.5 Å². The fraction of sp³-hybridized carbons (Fsp3) is 0.167. The van der Waals surface area contributed by atoms with Crippen molar-refractivity contribution in [3.63, 3.8) is 0 Å². The Morgan fingerprint density at radius 3 is 2.53 bits per heavy atom. The van der Waals surface area contributed by atoms with Crippen molar-refractivity contribution in [3.05, 3.63) is 88.8 Å². The number of nitrogens with zero attached hydrogens (tertiary/aromatic N) is 1. The van der Waals surface area contributed by atoms with Crippen molar-refractivity contribution in [2.45, 2.75) is 19.0 Å². The third-order valence-corrected chi connectivity index (χ3v) is 5.77. The number of amides is 5. The molecule has 9 nitrogen and oxygen atoms in total. The monoisotopic (exact) mass is 480 g/mol. The molecule has 2 aromatic carbocycles. The number of hydrogen-bond acceptors (Lipinski definition) is 5. The van der Waals surface area contributed by atoms with E-state index in [-0.39, 0.29) is 17.8 Å². The maximum absolute atomic E-state index is 13.1. The third kappa shape index (κ3) is 4.51. The van der Waals surface area contributed by atoms with Gasteiger partial charge >= 0.3 is 6.03 Å². The van der Waals surface area contributed by atoms with E-state index in [0.29, 0.717) is 16.3 Å². The number of furan rings is 1. The molecule has 2 heterocycles. The first kappa shape index (κ1) is 23.1. The first-order valence-corrected chi connectivity index (χ1v) is 10.8. The van der Waals surface area contributed by atoms with E-state index in [9.17, 15) is 19.2 Å². The largest absolute Gasteiger partial charge is 0.467 e. The average molecular weight is 481 g/mol. The minimum atomic E-state index is -1.40. The van der Waals surface area contributed by atoms with E-state index in [2.05, 4.69) is 16.0 Å². The number of rotatable bonds is 7. The smallest absolute Gasteiger partial charge is 0.325 e. The van der Waals surface area contributed by atoms with Gasteiger partial charge in [-0.15, -0.1) is 0 Å². The van der Waals surface area contributed by atoms with Gasteiger partial charge in [0.25, 0.3) is 11.8 Å². The maximum atomic E-state index is 13.1. The molecule has 5 amide bonds. The second-order valence-corrected chi connectivity index (χ2v) is 8.19. The fourth-order valence-electron chi connectivity index (χ4n) is 3.69. The molecule has 3 aromatic rings. The van der Waals surface area contributed by atoms with Crippen molar-refractivity contribution >= 4 is 41.0 Å². The van der Waals surface area contributed by atoms with Crippen LogP contribution in [0.1, 0.15) is 28.6 Å². The molecule has 1 saturated heterocycles. The maximum Gasteiger partial charge on any atom is 0.325 e. The molecule has 0 unspecified atom stereocenters. The Kier molecular flexibility index (Phi) is 6.38. The lowest BCUT2D eigenvalue weighted by atomic mass is 9.92. The summed E-state index contributed by atoms with van der Waals surface area (Å²) in [5.41, 5.74) is -0.512. The van der Waals surface area contributed by atoms with Crippen LogP contribution in [-0.2, 0) is 21.7 Å². The van der Waals surface area contributed by atoms with Crippen LogP contribution in [0.3, 0.4) is 0 Å². The molecule has 10 heteroatoms. The number of carbonyl (C=O) groups is 4. The van der Waals surface area contributed by atoms with Crippen molar-refractivity contribution in [2.75, 3.05) is 11.9 Å². The number of urea groups is 1. The van der Waals surface area contributed by atoms with Gasteiger partial charge in [0.05, 0.1) is 24.1 Å². The fourth-order valence-corrected chi connectivity index (χ4v) is 4.01. The van der Waals surface area contributed by atoms with Crippen molar-refractivity contribution in [2.24, 2.45) is 0 Å². The van der Waals surface area contributed by atoms with Crippen LogP contribution in [0.15, 0.2) is 71.3 Å². The standard InChI is InChI=1S/C24H21ClN4O5/c1-24(17-9-3-4-10-18(17)25)22(32)29(23(33)28-24)14-20(30)27-19-11-5-2-8-16(19)21(31)26-13-15-7-6-12-34-15/h2-12H,13-14H2,1H3,(H,26,31)(H,27,30)(H,28,33)/t24-/m0/s1.